The van der Waals surface area contributed by atoms with E-state index in [1.807, 2.05) is 50.2 Å². The Morgan fingerprint density at radius 2 is 1.78 bits per heavy atom. The summed E-state index contributed by atoms with van der Waals surface area (Å²) >= 11 is 6.58. The Morgan fingerprint density at radius 3 is 2.47 bits per heavy atom. The van der Waals surface area contributed by atoms with Crippen LogP contribution < -0.4 is 5.32 Å². The number of carbonyl (C=O) groups is 1. The molecule has 0 aliphatic carbocycles. The summed E-state index contributed by atoms with van der Waals surface area (Å²) in [5.41, 5.74) is 7.32. The van der Waals surface area contributed by atoms with E-state index in [9.17, 15) is 4.79 Å². The summed E-state index contributed by atoms with van der Waals surface area (Å²) in [4.78, 5) is 25.8. The zero-order valence-electron chi connectivity index (χ0n) is 20.6. The molecule has 182 valence electrons. The van der Waals surface area contributed by atoms with Gasteiger partial charge in [-0.3, -0.25) is 4.79 Å². The largest absolute Gasteiger partial charge is 0.351 e. The highest BCUT2D eigenvalue weighted by molar-refractivity contribution is 6.34. The molecule has 0 unspecified atom stereocenters. The molecule has 5 rings (SSSR count). The first-order chi connectivity index (χ1) is 17.3. The van der Waals surface area contributed by atoms with Gasteiger partial charge in [0.1, 0.15) is 18.0 Å². The Hall–Kier alpha value is -3.97. The number of imidazole rings is 1. The van der Waals surface area contributed by atoms with E-state index >= 15 is 0 Å². The average Bonchev–Trinajstić information content (AvgIpc) is 3.45. The number of aryl methyl sites for hydroxylation is 4. The van der Waals surface area contributed by atoms with Crippen LogP contribution in [-0.4, -0.2) is 37.2 Å². The van der Waals surface area contributed by atoms with E-state index in [1.165, 1.54) is 11.1 Å². The Bertz CT molecular complexity index is 1510. The number of benzene rings is 3. The Kier molecular flexibility index (Phi) is 6.33. The molecule has 2 N–H and O–H groups in total. The lowest BCUT2D eigenvalue weighted by atomic mass is 9.98. The summed E-state index contributed by atoms with van der Waals surface area (Å²) in [5.74, 6) is 1.08. The van der Waals surface area contributed by atoms with Gasteiger partial charge in [-0.25, -0.2) is 14.6 Å². The third kappa shape index (κ3) is 4.62. The molecule has 0 radical (unpaired) electrons. The molecule has 7 nitrogen and oxygen atoms in total. The van der Waals surface area contributed by atoms with Gasteiger partial charge in [0.25, 0.3) is 5.91 Å². The molecule has 0 spiro atoms. The van der Waals surface area contributed by atoms with Crippen molar-refractivity contribution in [3.63, 3.8) is 0 Å². The van der Waals surface area contributed by atoms with E-state index in [-0.39, 0.29) is 11.8 Å². The van der Waals surface area contributed by atoms with Crippen LogP contribution in [-0.2, 0) is 0 Å². The maximum Gasteiger partial charge on any atom is 0.253 e. The molecule has 0 saturated carbocycles. The van der Waals surface area contributed by atoms with E-state index in [1.54, 1.807) is 17.1 Å². The number of fused-ring (bicyclic) bond motifs is 1. The topological polar surface area (TPSA) is 88.5 Å². The van der Waals surface area contributed by atoms with Gasteiger partial charge in [0.15, 0.2) is 0 Å². The van der Waals surface area contributed by atoms with Gasteiger partial charge in [0, 0.05) is 6.54 Å². The lowest BCUT2D eigenvalue weighted by molar-refractivity contribution is 0.0952. The normalized spacial score (nSPS) is 12.1. The zero-order chi connectivity index (χ0) is 25.4. The van der Waals surface area contributed by atoms with Gasteiger partial charge in [0.2, 0.25) is 0 Å². The molecular formula is C28H27ClN6O. The molecule has 0 saturated heterocycles. The van der Waals surface area contributed by atoms with E-state index in [4.69, 9.17) is 16.6 Å². The van der Waals surface area contributed by atoms with E-state index in [2.05, 4.69) is 46.4 Å². The van der Waals surface area contributed by atoms with Crippen molar-refractivity contribution in [2.45, 2.75) is 33.6 Å². The van der Waals surface area contributed by atoms with Crippen LogP contribution in [0.4, 0.5) is 0 Å². The van der Waals surface area contributed by atoms with Gasteiger partial charge < -0.3 is 10.3 Å². The Balaban J connectivity index is 1.43. The number of rotatable bonds is 6. The number of hydrogen-bond acceptors (Lipinski definition) is 4. The second-order valence-corrected chi connectivity index (χ2v) is 9.51. The van der Waals surface area contributed by atoms with Crippen LogP contribution >= 0.6 is 11.6 Å². The maximum atomic E-state index is 13.3. The van der Waals surface area contributed by atoms with Crippen LogP contribution in [0.1, 0.15) is 50.2 Å². The fourth-order valence-corrected chi connectivity index (χ4v) is 4.76. The van der Waals surface area contributed by atoms with Gasteiger partial charge in [-0.15, -0.1) is 0 Å². The summed E-state index contributed by atoms with van der Waals surface area (Å²) < 4.78 is 1.65. The minimum Gasteiger partial charge on any atom is -0.351 e. The average molecular weight is 499 g/mol. The van der Waals surface area contributed by atoms with Gasteiger partial charge in [-0.1, -0.05) is 41.9 Å². The standard InChI is InChI=1S/C28H27ClN6O/c1-16-11-24-25(12-17(16)2)33-27(32-24)22(20-8-6-5-7-9-20)14-30-28(36)26-18(3)10-21(13-23(26)29)35-15-31-19(4)34-35/h5-13,15,22H,14H2,1-4H3,(H,30,36)(H,32,33)/t22-/m0/s1. The monoisotopic (exact) mass is 498 g/mol. The van der Waals surface area contributed by atoms with Crippen molar-refractivity contribution in [1.82, 2.24) is 30.0 Å². The van der Waals surface area contributed by atoms with Crippen molar-refractivity contribution in [1.29, 1.82) is 0 Å². The molecule has 36 heavy (non-hydrogen) atoms. The first-order valence-corrected chi connectivity index (χ1v) is 12.2. The van der Waals surface area contributed by atoms with Crippen LogP contribution in [0.2, 0.25) is 5.02 Å². The molecule has 2 heterocycles. The first kappa shape index (κ1) is 23.8. The second kappa shape index (κ2) is 9.59. The van der Waals surface area contributed by atoms with Crippen molar-refractivity contribution in [3.8, 4) is 5.69 Å². The number of amides is 1. The number of hydrogen-bond donors (Lipinski definition) is 2. The molecule has 0 bridgehead atoms. The van der Waals surface area contributed by atoms with Crippen molar-refractivity contribution in [3.05, 3.63) is 105 Å². The summed E-state index contributed by atoms with van der Waals surface area (Å²) in [5, 5.41) is 7.78. The molecular weight excluding hydrogens is 472 g/mol. The van der Waals surface area contributed by atoms with Gasteiger partial charge in [-0.05, 0) is 74.2 Å². The number of aromatic nitrogens is 5. The molecule has 5 aromatic rings. The van der Waals surface area contributed by atoms with E-state index in [0.717, 1.165) is 33.7 Å². The molecule has 0 aliphatic rings. The predicted molar refractivity (Wildman–Crippen MR) is 142 cm³/mol. The highest BCUT2D eigenvalue weighted by atomic mass is 35.5. The minimum atomic E-state index is -0.234. The molecule has 3 aromatic carbocycles. The number of carbonyl (C=O) groups excluding carboxylic acids is 1. The quantitative estimate of drug-likeness (QED) is 0.319. The second-order valence-electron chi connectivity index (χ2n) is 9.10. The van der Waals surface area contributed by atoms with Crippen LogP contribution in [0, 0.1) is 27.7 Å². The Morgan fingerprint density at radius 1 is 1.03 bits per heavy atom. The van der Waals surface area contributed by atoms with Crippen LogP contribution in [0.5, 0.6) is 0 Å². The molecule has 1 atom stereocenters. The molecule has 0 fully saturated rings. The third-order valence-electron chi connectivity index (χ3n) is 6.48. The highest BCUT2D eigenvalue weighted by Crippen LogP contribution is 2.27. The lowest BCUT2D eigenvalue weighted by Crippen LogP contribution is -2.30. The fraction of sp³-hybridized carbons (Fsp3) is 0.214. The van der Waals surface area contributed by atoms with Gasteiger partial charge in [-0.2, -0.15) is 5.10 Å². The fourth-order valence-electron chi connectivity index (χ4n) is 4.41. The third-order valence-corrected chi connectivity index (χ3v) is 6.78. The lowest BCUT2D eigenvalue weighted by Gasteiger charge is -2.17. The molecule has 8 heteroatoms. The van der Waals surface area contributed by atoms with Gasteiger partial charge >= 0.3 is 0 Å². The first-order valence-electron chi connectivity index (χ1n) is 11.8. The minimum absolute atomic E-state index is 0.153. The molecule has 1 amide bonds. The molecule has 2 aromatic heterocycles. The highest BCUT2D eigenvalue weighted by Gasteiger charge is 2.22. The Labute approximate surface area is 214 Å². The molecule has 0 aliphatic heterocycles. The predicted octanol–water partition coefficient (Wildman–Crippen LogP) is 5.59. The summed E-state index contributed by atoms with van der Waals surface area (Å²) in [6.45, 7) is 8.22. The van der Waals surface area contributed by atoms with Crippen molar-refractivity contribution in [2.75, 3.05) is 6.54 Å². The number of nitrogens with one attached hydrogen (secondary N) is 2. The number of halogens is 1. The van der Waals surface area contributed by atoms with E-state index in [0.29, 0.717) is 23.0 Å². The number of aromatic amines is 1. The zero-order valence-corrected chi connectivity index (χ0v) is 21.4. The maximum absolute atomic E-state index is 13.3. The summed E-state index contributed by atoms with van der Waals surface area (Å²) in [7, 11) is 0. The van der Waals surface area contributed by atoms with Crippen LogP contribution in [0.25, 0.3) is 16.7 Å². The number of nitrogens with zero attached hydrogens (tertiary/aromatic N) is 4. The van der Waals surface area contributed by atoms with Crippen LogP contribution in [0.15, 0.2) is 60.9 Å². The number of H-pyrrole nitrogens is 1. The van der Waals surface area contributed by atoms with Crippen LogP contribution in [0.3, 0.4) is 0 Å². The van der Waals surface area contributed by atoms with Crippen molar-refractivity contribution >= 4 is 28.5 Å². The van der Waals surface area contributed by atoms with Crippen molar-refractivity contribution in [2.24, 2.45) is 0 Å². The van der Waals surface area contributed by atoms with Gasteiger partial charge in [0.05, 0.1) is 33.2 Å². The summed E-state index contributed by atoms with van der Waals surface area (Å²) in [6.07, 6.45) is 1.63. The van der Waals surface area contributed by atoms with E-state index < -0.39 is 0 Å². The smallest absolute Gasteiger partial charge is 0.253 e. The summed E-state index contributed by atoms with van der Waals surface area (Å²) in [6, 6.07) is 17.9. The SMILES string of the molecule is Cc1ncn(-c2cc(C)c(C(=O)NC[C@@H](c3ccccc3)c3nc4cc(C)c(C)cc4[nH]3)c(Cl)c2)n1. The van der Waals surface area contributed by atoms with Crippen molar-refractivity contribution < 1.29 is 4.79 Å².